The van der Waals surface area contributed by atoms with E-state index in [0.29, 0.717) is 85.9 Å². The molecule has 0 amide bonds. The molecule has 2 N–H and O–H groups in total. The van der Waals surface area contributed by atoms with Gasteiger partial charge in [0.15, 0.2) is 3.79 Å². The van der Waals surface area contributed by atoms with Crippen molar-refractivity contribution in [3.05, 3.63) is 0 Å². The average molecular weight is 596 g/mol. The van der Waals surface area contributed by atoms with Gasteiger partial charge in [-0.3, -0.25) is 9.05 Å². The summed E-state index contributed by atoms with van der Waals surface area (Å²) in [4.78, 5) is 9.44. The normalized spacial score (nSPS) is 13.9. The van der Waals surface area contributed by atoms with E-state index in [0.717, 1.165) is 0 Å². The zero-order chi connectivity index (χ0) is 26.1. The SMILES string of the molecule is O=P(O)(OCCOCCOCCOCCOCCOCCOCCOCCO)OCCC(Cl)(Cl)Cl. The summed E-state index contributed by atoms with van der Waals surface area (Å²) in [6, 6.07) is 0. The van der Waals surface area contributed by atoms with Crippen molar-refractivity contribution in [2.24, 2.45) is 0 Å². The predicted molar refractivity (Wildman–Crippen MR) is 129 cm³/mol. The van der Waals surface area contributed by atoms with Crippen molar-refractivity contribution in [1.29, 1.82) is 0 Å². The number of aliphatic hydroxyl groups is 1. The van der Waals surface area contributed by atoms with E-state index >= 15 is 0 Å². The highest BCUT2D eigenvalue weighted by Gasteiger charge is 2.25. The van der Waals surface area contributed by atoms with Gasteiger partial charge < -0.3 is 43.2 Å². The number of phosphoric ester groups is 1. The number of hydrogen-bond donors (Lipinski definition) is 2. The molecular formula is C19H38Cl3O12P. The van der Waals surface area contributed by atoms with Gasteiger partial charge >= 0.3 is 7.82 Å². The second kappa shape index (κ2) is 25.0. The number of phosphoric acid groups is 1. The van der Waals surface area contributed by atoms with E-state index in [9.17, 15) is 9.46 Å². The fourth-order valence-corrected chi connectivity index (χ4v) is 2.94. The third kappa shape index (κ3) is 30.8. The number of aliphatic hydroxyl groups excluding tert-OH is 1. The Balaban J connectivity index is 3.21. The molecule has 1 unspecified atom stereocenters. The Bertz CT molecular complexity index is 502. The average Bonchev–Trinajstić information content (AvgIpc) is 2.78. The first-order valence-corrected chi connectivity index (χ1v) is 13.7. The number of rotatable bonds is 27. The number of alkyl halides is 3. The largest absolute Gasteiger partial charge is 0.472 e. The maximum Gasteiger partial charge on any atom is 0.472 e. The number of halogens is 3. The first-order valence-electron chi connectivity index (χ1n) is 11.1. The van der Waals surface area contributed by atoms with E-state index in [1.165, 1.54) is 0 Å². The van der Waals surface area contributed by atoms with Crippen molar-refractivity contribution in [3.8, 4) is 0 Å². The van der Waals surface area contributed by atoms with Crippen molar-refractivity contribution >= 4 is 42.6 Å². The lowest BCUT2D eigenvalue weighted by Crippen LogP contribution is -2.15. The van der Waals surface area contributed by atoms with Crippen LogP contribution in [0.25, 0.3) is 0 Å². The highest BCUT2D eigenvalue weighted by atomic mass is 35.6. The lowest BCUT2D eigenvalue weighted by atomic mass is 10.5. The fourth-order valence-electron chi connectivity index (χ4n) is 2.01. The smallest absolute Gasteiger partial charge is 0.394 e. The van der Waals surface area contributed by atoms with Gasteiger partial charge in [-0.2, -0.15) is 0 Å². The monoisotopic (exact) mass is 594 g/mol. The molecule has 0 heterocycles. The zero-order valence-corrected chi connectivity index (χ0v) is 22.9. The summed E-state index contributed by atoms with van der Waals surface area (Å²) in [5.74, 6) is 0. The maximum atomic E-state index is 11.6. The van der Waals surface area contributed by atoms with E-state index in [2.05, 4.69) is 4.52 Å². The zero-order valence-electron chi connectivity index (χ0n) is 19.8. The molecule has 35 heavy (non-hydrogen) atoms. The molecule has 0 bridgehead atoms. The van der Waals surface area contributed by atoms with Gasteiger partial charge in [0.1, 0.15) is 0 Å². The molecule has 0 aliphatic heterocycles. The molecule has 0 saturated carbocycles. The van der Waals surface area contributed by atoms with Crippen LogP contribution in [0.2, 0.25) is 0 Å². The van der Waals surface area contributed by atoms with Crippen molar-refractivity contribution < 1.29 is 56.8 Å². The molecule has 0 aliphatic carbocycles. The number of ether oxygens (including phenoxy) is 7. The standard InChI is InChI=1S/C19H38Cl3O12P/c20-19(21,22)1-3-33-35(24,25)34-18-17-32-16-15-31-14-13-30-12-11-29-10-9-28-8-7-27-6-5-26-4-2-23/h23H,1-18H2,(H,24,25). The Morgan fingerprint density at radius 3 is 1.11 bits per heavy atom. The van der Waals surface area contributed by atoms with Crippen molar-refractivity contribution in [3.63, 3.8) is 0 Å². The highest BCUT2D eigenvalue weighted by Crippen LogP contribution is 2.44. The van der Waals surface area contributed by atoms with E-state index in [4.69, 9.17) is 77.6 Å². The summed E-state index contributed by atoms with van der Waals surface area (Å²) in [7, 11) is -4.21. The molecule has 0 fully saturated rings. The molecular weight excluding hydrogens is 558 g/mol. The van der Waals surface area contributed by atoms with Gasteiger partial charge in [-0.15, -0.1) is 0 Å². The molecule has 0 radical (unpaired) electrons. The summed E-state index contributed by atoms with van der Waals surface area (Å²) in [6.45, 7) is 5.21. The summed E-state index contributed by atoms with van der Waals surface area (Å²) in [6.07, 6.45) is -0.0487. The van der Waals surface area contributed by atoms with Crippen LogP contribution >= 0.6 is 42.6 Å². The second-order valence-electron chi connectivity index (χ2n) is 6.51. The third-order valence-electron chi connectivity index (χ3n) is 3.59. The first kappa shape index (κ1) is 35.7. The van der Waals surface area contributed by atoms with Gasteiger partial charge in [0, 0.05) is 6.42 Å². The molecule has 0 aliphatic rings. The quantitative estimate of drug-likeness (QED) is 0.0815. The Morgan fingerprint density at radius 2 is 0.800 bits per heavy atom. The Hall–Kier alpha value is 0.660. The molecule has 0 spiro atoms. The maximum absolute atomic E-state index is 11.6. The van der Waals surface area contributed by atoms with Crippen LogP contribution in [0.5, 0.6) is 0 Å². The molecule has 0 aromatic carbocycles. The lowest BCUT2D eigenvalue weighted by Gasteiger charge is -2.14. The minimum Gasteiger partial charge on any atom is -0.394 e. The van der Waals surface area contributed by atoms with Crippen LogP contribution in [0, 0.1) is 0 Å². The molecule has 0 saturated heterocycles. The number of hydrogen-bond acceptors (Lipinski definition) is 11. The summed E-state index contributed by atoms with van der Waals surface area (Å²) < 4.78 is 56.4. The summed E-state index contributed by atoms with van der Waals surface area (Å²) in [5, 5.41) is 8.54. The van der Waals surface area contributed by atoms with Crippen LogP contribution in [0.15, 0.2) is 0 Å². The van der Waals surface area contributed by atoms with Crippen LogP contribution in [0.1, 0.15) is 6.42 Å². The minimum atomic E-state index is -4.21. The van der Waals surface area contributed by atoms with Gasteiger partial charge in [0.2, 0.25) is 0 Å². The van der Waals surface area contributed by atoms with Gasteiger partial charge in [-0.05, 0) is 0 Å². The van der Waals surface area contributed by atoms with Crippen molar-refractivity contribution in [2.45, 2.75) is 10.2 Å². The minimum absolute atomic E-state index is 0.0105. The van der Waals surface area contributed by atoms with Crippen LogP contribution in [0.4, 0.5) is 0 Å². The third-order valence-corrected chi connectivity index (χ3v) is 5.17. The van der Waals surface area contributed by atoms with Crippen LogP contribution in [-0.4, -0.2) is 126 Å². The fraction of sp³-hybridized carbons (Fsp3) is 1.00. The van der Waals surface area contributed by atoms with Crippen molar-refractivity contribution in [1.82, 2.24) is 0 Å². The summed E-state index contributed by atoms with van der Waals surface area (Å²) >= 11 is 16.5. The first-order chi connectivity index (χ1) is 16.8. The molecule has 212 valence electrons. The Kier molecular flexibility index (Phi) is 25.4. The molecule has 0 aromatic heterocycles. The van der Waals surface area contributed by atoms with Gasteiger partial charge in [0.05, 0.1) is 112 Å². The van der Waals surface area contributed by atoms with Gasteiger partial charge in [-0.1, -0.05) is 34.8 Å². The summed E-state index contributed by atoms with van der Waals surface area (Å²) in [5.41, 5.74) is 0. The van der Waals surface area contributed by atoms with Crippen LogP contribution in [0.3, 0.4) is 0 Å². The molecule has 16 heteroatoms. The molecule has 12 nitrogen and oxygen atoms in total. The Morgan fingerprint density at radius 1 is 0.514 bits per heavy atom. The molecule has 0 aromatic rings. The van der Waals surface area contributed by atoms with Gasteiger partial charge in [0.25, 0.3) is 0 Å². The van der Waals surface area contributed by atoms with E-state index in [1.54, 1.807) is 0 Å². The second-order valence-corrected chi connectivity index (χ2v) is 10.5. The lowest BCUT2D eigenvalue weighted by molar-refractivity contribution is -0.0224. The molecule has 0 rings (SSSR count). The Labute approximate surface area is 221 Å². The van der Waals surface area contributed by atoms with Gasteiger partial charge in [-0.25, -0.2) is 4.57 Å². The predicted octanol–water partition coefficient (Wildman–Crippen LogP) is 1.99. The van der Waals surface area contributed by atoms with Crippen LogP contribution in [-0.2, 0) is 46.8 Å². The van der Waals surface area contributed by atoms with Crippen LogP contribution < -0.4 is 0 Å². The highest BCUT2D eigenvalue weighted by molar-refractivity contribution is 7.47. The van der Waals surface area contributed by atoms with E-state index < -0.39 is 11.6 Å². The topological polar surface area (TPSA) is 141 Å². The van der Waals surface area contributed by atoms with E-state index in [-0.39, 0.29) is 32.8 Å². The van der Waals surface area contributed by atoms with E-state index in [1.807, 2.05) is 0 Å². The molecule has 1 atom stereocenters. The van der Waals surface area contributed by atoms with Crippen molar-refractivity contribution in [2.75, 3.05) is 112 Å².